The molecule has 1 unspecified atom stereocenters. The monoisotopic (exact) mass is 253 g/mol. The maximum Gasteiger partial charge on any atom is 0.226 e. The molecule has 0 aliphatic carbocycles. The fourth-order valence-corrected chi connectivity index (χ4v) is 1.44. The first-order chi connectivity index (χ1) is 8.65. The van der Waals surface area contributed by atoms with Gasteiger partial charge in [0.1, 0.15) is 0 Å². The average molecular weight is 253 g/mol. The predicted molar refractivity (Wildman–Crippen MR) is 72.1 cm³/mol. The fraction of sp³-hybridized carbons (Fsp3) is 0.692. The summed E-state index contributed by atoms with van der Waals surface area (Å²) in [5.74, 6) is 1.21. The number of aryl methyl sites for hydroxylation is 1. The molecular weight excluding hydrogens is 230 g/mol. The molecule has 0 saturated carbocycles. The molecule has 0 fully saturated rings. The van der Waals surface area contributed by atoms with E-state index in [1.165, 1.54) is 0 Å². The van der Waals surface area contributed by atoms with Crippen LogP contribution in [0.5, 0.6) is 5.88 Å². The zero-order valence-corrected chi connectivity index (χ0v) is 11.7. The lowest BCUT2D eigenvalue weighted by molar-refractivity contribution is 0.141. The summed E-state index contributed by atoms with van der Waals surface area (Å²) in [6.45, 7) is 10.0. The van der Waals surface area contributed by atoms with Gasteiger partial charge in [-0.15, -0.1) is 0 Å². The van der Waals surface area contributed by atoms with E-state index in [1.807, 2.05) is 26.8 Å². The average Bonchev–Trinajstić information content (AvgIpc) is 2.33. The molecule has 0 aliphatic rings. The molecule has 5 heteroatoms. The lowest BCUT2D eigenvalue weighted by atomic mass is 10.3. The number of hydrogen-bond acceptors (Lipinski definition) is 5. The Labute approximate surface area is 109 Å². The highest BCUT2D eigenvalue weighted by molar-refractivity contribution is 5.31. The van der Waals surface area contributed by atoms with E-state index >= 15 is 0 Å². The third-order valence-corrected chi connectivity index (χ3v) is 2.23. The van der Waals surface area contributed by atoms with E-state index < -0.39 is 0 Å². The number of ether oxygens (including phenoxy) is 2. The highest BCUT2D eigenvalue weighted by Crippen LogP contribution is 2.12. The lowest BCUT2D eigenvalue weighted by Gasteiger charge is -2.14. The van der Waals surface area contributed by atoms with Crippen molar-refractivity contribution < 1.29 is 9.47 Å². The Morgan fingerprint density at radius 1 is 1.33 bits per heavy atom. The number of aromatic nitrogens is 2. The molecule has 1 N–H and O–H groups in total. The highest BCUT2D eigenvalue weighted by Gasteiger charge is 2.07. The molecule has 0 aromatic carbocycles. The van der Waals surface area contributed by atoms with Crippen LogP contribution in [0.3, 0.4) is 0 Å². The summed E-state index contributed by atoms with van der Waals surface area (Å²) in [4.78, 5) is 8.65. The summed E-state index contributed by atoms with van der Waals surface area (Å²) in [6.07, 6.45) is 0.965. The first-order valence-electron chi connectivity index (χ1n) is 6.48. The third-order valence-electron chi connectivity index (χ3n) is 2.23. The van der Waals surface area contributed by atoms with Gasteiger partial charge in [0.15, 0.2) is 0 Å². The van der Waals surface area contributed by atoms with Gasteiger partial charge < -0.3 is 14.8 Å². The molecule has 1 heterocycles. The first-order valence-corrected chi connectivity index (χ1v) is 6.48. The van der Waals surface area contributed by atoms with Crippen molar-refractivity contribution in [1.82, 2.24) is 9.97 Å². The second-order valence-corrected chi connectivity index (χ2v) is 4.22. The highest BCUT2D eigenvalue weighted by atomic mass is 16.5. The number of nitrogens with one attached hydrogen (secondary N) is 1. The summed E-state index contributed by atoms with van der Waals surface area (Å²) in [6, 6.07) is 2.01. The van der Waals surface area contributed by atoms with Gasteiger partial charge in [-0.2, -0.15) is 4.98 Å². The van der Waals surface area contributed by atoms with Crippen molar-refractivity contribution in [3.63, 3.8) is 0 Å². The van der Waals surface area contributed by atoms with Crippen LogP contribution in [0.15, 0.2) is 6.07 Å². The van der Waals surface area contributed by atoms with Gasteiger partial charge in [-0.1, -0.05) is 6.92 Å². The Morgan fingerprint density at radius 3 is 2.78 bits per heavy atom. The van der Waals surface area contributed by atoms with Crippen LogP contribution < -0.4 is 10.1 Å². The Kier molecular flexibility index (Phi) is 6.43. The molecule has 1 aromatic heterocycles. The molecule has 1 aromatic rings. The SMILES string of the molecule is CCCOc1cc(C)nc(NC(C)COCC)n1. The van der Waals surface area contributed by atoms with Crippen molar-refractivity contribution in [2.45, 2.75) is 40.2 Å². The lowest BCUT2D eigenvalue weighted by Crippen LogP contribution is -2.23. The maximum atomic E-state index is 5.52. The molecule has 18 heavy (non-hydrogen) atoms. The topological polar surface area (TPSA) is 56.3 Å². The zero-order chi connectivity index (χ0) is 13.4. The van der Waals surface area contributed by atoms with Crippen molar-refractivity contribution in [2.75, 3.05) is 25.1 Å². The minimum atomic E-state index is 0.172. The summed E-state index contributed by atoms with van der Waals surface area (Å²) < 4.78 is 10.9. The van der Waals surface area contributed by atoms with Crippen molar-refractivity contribution >= 4 is 5.95 Å². The molecule has 1 atom stereocenters. The van der Waals surface area contributed by atoms with Gasteiger partial charge in [0.05, 0.1) is 13.2 Å². The number of rotatable bonds is 8. The molecule has 0 spiro atoms. The van der Waals surface area contributed by atoms with E-state index in [9.17, 15) is 0 Å². The largest absolute Gasteiger partial charge is 0.478 e. The van der Waals surface area contributed by atoms with E-state index in [4.69, 9.17) is 9.47 Å². The van der Waals surface area contributed by atoms with Gasteiger partial charge in [-0.3, -0.25) is 0 Å². The van der Waals surface area contributed by atoms with Crippen molar-refractivity contribution in [3.8, 4) is 5.88 Å². The van der Waals surface area contributed by atoms with Crippen LogP contribution in [0.25, 0.3) is 0 Å². The minimum Gasteiger partial charge on any atom is -0.478 e. The Hall–Kier alpha value is -1.36. The number of nitrogens with zero attached hydrogens (tertiary/aromatic N) is 2. The van der Waals surface area contributed by atoms with Gasteiger partial charge in [0, 0.05) is 24.4 Å². The quantitative estimate of drug-likeness (QED) is 0.771. The summed E-state index contributed by atoms with van der Waals surface area (Å²) >= 11 is 0. The van der Waals surface area contributed by atoms with Crippen molar-refractivity contribution in [3.05, 3.63) is 11.8 Å². The van der Waals surface area contributed by atoms with Crippen LogP contribution >= 0.6 is 0 Å². The molecule has 0 amide bonds. The maximum absolute atomic E-state index is 5.52. The fourth-order valence-electron chi connectivity index (χ4n) is 1.44. The Morgan fingerprint density at radius 2 is 2.11 bits per heavy atom. The molecule has 0 radical (unpaired) electrons. The van der Waals surface area contributed by atoms with E-state index in [2.05, 4.69) is 22.2 Å². The van der Waals surface area contributed by atoms with E-state index in [0.29, 0.717) is 31.6 Å². The van der Waals surface area contributed by atoms with Crippen LogP contribution in [-0.4, -0.2) is 35.8 Å². The molecule has 102 valence electrons. The third kappa shape index (κ3) is 5.31. The zero-order valence-electron chi connectivity index (χ0n) is 11.7. The van der Waals surface area contributed by atoms with Gasteiger partial charge in [-0.05, 0) is 27.2 Å². The van der Waals surface area contributed by atoms with Crippen LogP contribution in [-0.2, 0) is 4.74 Å². The normalized spacial score (nSPS) is 12.2. The molecule has 0 saturated heterocycles. The van der Waals surface area contributed by atoms with Crippen molar-refractivity contribution in [2.24, 2.45) is 0 Å². The molecule has 0 aliphatic heterocycles. The molecule has 1 rings (SSSR count). The van der Waals surface area contributed by atoms with Gasteiger partial charge >= 0.3 is 0 Å². The van der Waals surface area contributed by atoms with Crippen LogP contribution in [0.2, 0.25) is 0 Å². The predicted octanol–water partition coefficient (Wildman–Crippen LogP) is 2.41. The van der Waals surface area contributed by atoms with Crippen LogP contribution in [0, 0.1) is 6.92 Å². The minimum absolute atomic E-state index is 0.172. The van der Waals surface area contributed by atoms with Crippen LogP contribution in [0.4, 0.5) is 5.95 Å². The van der Waals surface area contributed by atoms with E-state index in [1.54, 1.807) is 0 Å². The first kappa shape index (κ1) is 14.7. The second kappa shape index (κ2) is 7.87. The molecule has 5 nitrogen and oxygen atoms in total. The summed E-state index contributed by atoms with van der Waals surface area (Å²) in [5, 5.41) is 3.21. The summed E-state index contributed by atoms with van der Waals surface area (Å²) in [5.41, 5.74) is 0.891. The molecular formula is C13H23N3O2. The second-order valence-electron chi connectivity index (χ2n) is 4.22. The standard InChI is InChI=1S/C13H23N3O2/c1-5-7-18-12-8-10(3)14-13(16-12)15-11(4)9-17-6-2/h8,11H,5-7,9H2,1-4H3,(H,14,15,16). The molecule has 0 bridgehead atoms. The van der Waals surface area contributed by atoms with Crippen molar-refractivity contribution in [1.29, 1.82) is 0 Å². The smallest absolute Gasteiger partial charge is 0.226 e. The Balaban J connectivity index is 2.61. The number of hydrogen-bond donors (Lipinski definition) is 1. The van der Waals surface area contributed by atoms with Gasteiger partial charge in [0.25, 0.3) is 0 Å². The van der Waals surface area contributed by atoms with E-state index in [-0.39, 0.29) is 6.04 Å². The van der Waals surface area contributed by atoms with E-state index in [0.717, 1.165) is 12.1 Å². The number of anilines is 1. The van der Waals surface area contributed by atoms with Crippen LogP contribution in [0.1, 0.15) is 32.9 Å². The van der Waals surface area contributed by atoms with Gasteiger partial charge in [-0.25, -0.2) is 4.98 Å². The summed E-state index contributed by atoms with van der Waals surface area (Å²) in [7, 11) is 0. The Bertz CT molecular complexity index is 358. The van der Waals surface area contributed by atoms with Gasteiger partial charge in [0.2, 0.25) is 11.8 Å².